The third-order valence-electron chi connectivity index (χ3n) is 2.72. The standard InChI is InChI=1S/C10H17N2O4S.ClH/c1-12(3-5-13,4-6-14)8-10-9(11(15)16)2-7-17-10;/h2,7,13-14H,3-6,8H2,1H3;1H/q+1;/p-1. The van der Waals surface area contributed by atoms with Gasteiger partial charge in [-0.2, -0.15) is 0 Å². The Labute approximate surface area is 116 Å². The molecule has 1 aromatic heterocycles. The number of rotatable bonds is 7. The predicted octanol–water partition coefficient (Wildman–Crippen LogP) is -2.41. The zero-order chi connectivity index (χ0) is 12.9. The highest BCUT2D eigenvalue weighted by molar-refractivity contribution is 7.10. The predicted molar refractivity (Wildman–Crippen MR) is 64.8 cm³/mol. The number of halogens is 1. The average Bonchev–Trinajstić information content (AvgIpc) is 2.66. The second-order valence-electron chi connectivity index (χ2n) is 4.16. The smallest absolute Gasteiger partial charge is 0.288 e. The summed E-state index contributed by atoms with van der Waals surface area (Å²) in [4.78, 5) is 11.1. The first kappa shape index (κ1) is 17.3. The molecule has 1 aromatic rings. The van der Waals surface area contributed by atoms with Gasteiger partial charge in [-0.3, -0.25) is 10.1 Å². The lowest BCUT2D eigenvalue weighted by atomic mass is 10.3. The van der Waals surface area contributed by atoms with Crippen LogP contribution in [0, 0.1) is 10.1 Å². The van der Waals surface area contributed by atoms with Gasteiger partial charge in [-0.15, -0.1) is 11.3 Å². The normalized spacial score (nSPS) is 11.1. The molecule has 1 heterocycles. The van der Waals surface area contributed by atoms with Crippen molar-refractivity contribution in [2.75, 3.05) is 33.4 Å². The fourth-order valence-electron chi connectivity index (χ4n) is 1.71. The molecule has 8 heteroatoms. The summed E-state index contributed by atoms with van der Waals surface area (Å²) in [6.07, 6.45) is 0. The van der Waals surface area contributed by atoms with Crippen molar-refractivity contribution in [1.82, 2.24) is 0 Å². The second-order valence-corrected chi connectivity index (χ2v) is 5.16. The molecule has 0 amide bonds. The van der Waals surface area contributed by atoms with Crippen LogP contribution in [-0.4, -0.2) is 53.0 Å². The number of likely N-dealkylation sites (N-methyl/N-ethyl adjacent to an activating group) is 1. The molecule has 0 spiro atoms. The minimum absolute atomic E-state index is 0. The number of nitro groups is 1. The minimum atomic E-state index is -0.395. The van der Waals surface area contributed by atoms with Gasteiger partial charge in [0.1, 0.15) is 24.5 Å². The molecule has 1 rings (SSSR count). The molecule has 2 N–H and O–H groups in total. The van der Waals surface area contributed by atoms with Gasteiger partial charge in [0, 0.05) is 6.07 Å². The number of aliphatic hydroxyl groups excluding tert-OH is 2. The molecule has 6 nitrogen and oxygen atoms in total. The Morgan fingerprint density at radius 3 is 2.39 bits per heavy atom. The van der Waals surface area contributed by atoms with E-state index in [-0.39, 0.29) is 31.3 Å². The summed E-state index contributed by atoms with van der Waals surface area (Å²) >= 11 is 1.34. The molecule has 0 aliphatic heterocycles. The van der Waals surface area contributed by atoms with Crippen molar-refractivity contribution in [3.63, 3.8) is 0 Å². The topological polar surface area (TPSA) is 83.6 Å². The number of nitrogens with zero attached hydrogens (tertiary/aromatic N) is 2. The van der Waals surface area contributed by atoms with Crippen LogP contribution in [0.1, 0.15) is 4.88 Å². The molecule has 0 unspecified atom stereocenters. The molecule has 0 saturated heterocycles. The van der Waals surface area contributed by atoms with E-state index in [0.29, 0.717) is 29.0 Å². The second kappa shape index (κ2) is 7.65. The van der Waals surface area contributed by atoms with Crippen LogP contribution < -0.4 is 12.4 Å². The quantitative estimate of drug-likeness (QED) is 0.334. The lowest BCUT2D eigenvalue weighted by molar-refractivity contribution is -0.922. The van der Waals surface area contributed by atoms with E-state index in [0.717, 1.165) is 0 Å². The molecule has 0 saturated carbocycles. The van der Waals surface area contributed by atoms with Crippen LogP contribution in [0.15, 0.2) is 11.4 Å². The van der Waals surface area contributed by atoms with Gasteiger partial charge in [0.25, 0.3) is 5.69 Å². The summed E-state index contributed by atoms with van der Waals surface area (Å²) in [6, 6.07) is 1.49. The van der Waals surface area contributed by atoms with Gasteiger partial charge in [0.2, 0.25) is 0 Å². The summed E-state index contributed by atoms with van der Waals surface area (Å²) in [6.45, 7) is 1.38. The van der Waals surface area contributed by atoms with Crippen LogP contribution in [-0.2, 0) is 6.54 Å². The van der Waals surface area contributed by atoms with E-state index in [1.807, 2.05) is 7.05 Å². The van der Waals surface area contributed by atoms with Crippen LogP contribution in [0.25, 0.3) is 0 Å². The molecule has 18 heavy (non-hydrogen) atoms. The molecule has 0 aromatic carbocycles. The minimum Gasteiger partial charge on any atom is -1.00 e. The SMILES string of the molecule is C[N+](CCO)(CCO)Cc1sccc1[N+](=O)[O-].[Cl-]. The fourth-order valence-corrected chi connectivity index (χ4v) is 2.73. The molecule has 0 aliphatic rings. The van der Waals surface area contributed by atoms with E-state index in [1.54, 1.807) is 5.38 Å². The molecule has 0 aliphatic carbocycles. The van der Waals surface area contributed by atoms with Crippen molar-refractivity contribution in [2.24, 2.45) is 0 Å². The number of hydrogen-bond donors (Lipinski definition) is 2. The maximum absolute atomic E-state index is 10.8. The van der Waals surface area contributed by atoms with Gasteiger partial charge in [0.05, 0.1) is 25.2 Å². The van der Waals surface area contributed by atoms with Crippen molar-refractivity contribution < 1.29 is 32.0 Å². The van der Waals surface area contributed by atoms with Gasteiger partial charge in [-0.05, 0) is 5.38 Å². The summed E-state index contributed by atoms with van der Waals surface area (Å²) in [5.74, 6) is 0. The first-order valence-electron chi connectivity index (χ1n) is 5.28. The third-order valence-corrected chi connectivity index (χ3v) is 3.62. The van der Waals surface area contributed by atoms with Gasteiger partial charge in [-0.1, -0.05) is 0 Å². The largest absolute Gasteiger partial charge is 1.00 e. The summed E-state index contributed by atoms with van der Waals surface area (Å²) in [7, 11) is 1.87. The van der Waals surface area contributed by atoms with Gasteiger partial charge < -0.3 is 27.1 Å². The highest BCUT2D eigenvalue weighted by atomic mass is 35.5. The Balaban J connectivity index is 0.00000289. The van der Waals surface area contributed by atoms with Crippen molar-refractivity contribution in [2.45, 2.75) is 6.54 Å². The summed E-state index contributed by atoms with van der Waals surface area (Å²) in [5.41, 5.74) is 0.121. The number of aliphatic hydroxyl groups is 2. The molecule has 0 fully saturated rings. The molecule has 104 valence electrons. The Bertz CT molecular complexity index is 380. The molecule has 0 radical (unpaired) electrons. The highest BCUT2D eigenvalue weighted by Crippen LogP contribution is 2.27. The number of hydrogen-bond acceptors (Lipinski definition) is 5. The van der Waals surface area contributed by atoms with E-state index in [4.69, 9.17) is 10.2 Å². The maximum Gasteiger partial charge on any atom is 0.288 e. The summed E-state index contributed by atoms with van der Waals surface area (Å²) in [5, 5.41) is 30.5. The molecular formula is C10H17ClN2O4S. The number of thiophene rings is 1. The maximum atomic E-state index is 10.8. The van der Waals surface area contributed by atoms with Gasteiger partial charge in [-0.25, -0.2) is 0 Å². The van der Waals surface area contributed by atoms with E-state index < -0.39 is 4.92 Å². The van der Waals surface area contributed by atoms with Crippen molar-refractivity contribution in [3.8, 4) is 0 Å². The van der Waals surface area contributed by atoms with Crippen molar-refractivity contribution in [1.29, 1.82) is 0 Å². The molecule has 0 bridgehead atoms. The Kier molecular flexibility index (Phi) is 7.34. The Hall–Kier alpha value is -0.730. The van der Waals surface area contributed by atoms with Crippen molar-refractivity contribution >= 4 is 17.0 Å². The first-order valence-corrected chi connectivity index (χ1v) is 6.16. The molecular weight excluding hydrogens is 280 g/mol. The third kappa shape index (κ3) is 4.51. The highest BCUT2D eigenvalue weighted by Gasteiger charge is 2.26. The van der Waals surface area contributed by atoms with E-state index in [9.17, 15) is 10.1 Å². The Morgan fingerprint density at radius 2 is 1.94 bits per heavy atom. The zero-order valence-corrected chi connectivity index (χ0v) is 11.7. The molecule has 0 atom stereocenters. The summed E-state index contributed by atoms with van der Waals surface area (Å²) < 4.78 is 0.397. The Morgan fingerprint density at radius 1 is 1.39 bits per heavy atom. The average molecular weight is 297 g/mol. The van der Waals surface area contributed by atoms with Crippen LogP contribution >= 0.6 is 11.3 Å². The zero-order valence-electron chi connectivity index (χ0n) is 10.1. The monoisotopic (exact) mass is 296 g/mol. The number of quaternary nitrogens is 1. The van der Waals surface area contributed by atoms with Crippen LogP contribution in [0.5, 0.6) is 0 Å². The van der Waals surface area contributed by atoms with Crippen LogP contribution in [0.4, 0.5) is 5.69 Å². The van der Waals surface area contributed by atoms with Crippen LogP contribution in [0.3, 0.4) is 0 Å². The van der Waals surface area contributed by atoms with Crippen molar-refractivity contribution in [3.05, 3.63) is 26.4 Å². The van der Waals surface area contributed by atoms with E-state index in [1.165, 1.54) is 17.4 Å². The van der Waals surface area contributed by atoms with Gasteiger partial charge in [0.15, 0.2) is 0 Å². The van der Waals surface area contributed by atoms with E-state index in [2.05, 4.69) is 0 Å². The lowest BCUT2D eigenvalue weighted by Crippen LogP contribution is -3.00. The van der Waals surface area contributed by atoms with Gasteiger partial charge >= 0.3 is 0 Å². The van der Waals surface area contributed by atoms with E-state index >= 15 is 0 Å². The fraction of sp³-hybridized carbons (Fsp3) is 0.600. The van der Waals surface area contributed by atoms with Crippen LogP contribution in [0.2, 0.25) is 0 Å². The lowest BCUT2D eigenvalue weighted by Gasteiger charge is -2.32. The first-order chi connectivity index (χ1) is 8.02.